The maximum absolute atomic E-state index is 13.9. The summed E-state index contributed by atoms with van der Waals surface area (Å²) in [6.45, 7) is -1.58. The van der Waals surface area contributed by atoms with E-state index in [-0.39, 0.29) is 28.1 Å². The molecule has 39 heavy (non-hydrogen) atoms. The van der Waals surface area contributed by atoms with Crippen molar-refractivity contribution < 1.29 is 58.5 Å². The van der Waals surface area contributed by atoms with E-state index in [0.29, 0.717) is 12.1 Å². The molecular formula is C25H17F10NO3. The van der Waals surface area contributed by atoms with Crippen LogP contribution in [-0.4, -0.2) is 43.1 Å². The number of ether oxygens (including phenoxy) is 2. The zero-order valence-electron chi connectivity index (χ0n) is 19.3. The fourth-order valence-corrected chi connectivity index (χ4v) is 4.04. The van der Waals surface area contributed by atoms with E-state index in [9.17, 15) is 49.0 Å². The van der Waals surface area contributed by atoms with Crippen molar-refractivity contribution in [1.82, 2.24) is 0 Å². The van der Waals surface area contributed by atoms with Gasteiger partial charge >= 0.3 is 18.7 Å². The lowest BCUT2D eigenvalue weighted by Gasteiger charge is -2.41. The van der Waals surface area contributed by atoms with E-state index in [1.807, 2.05) is 0 Å². The second-order valence-electron chi connectivity index (χ2n) is 8.48. The van der Waals surface area contributed by atoms with E-state index in [1.165, 1.54) is 24.3 Å². The standard InChI is InChI=1S/C25H17F10NO3/c26-16-8-13(9-17(27)21(16)28)15-5-2-6-18-22(15)38-11-19(36(18)10-20(37)24(31,32)33)12-3-1-4-14(7-12)39-25(34,35)23(29)30/h1-9,19-20,23,37H,10-11H2/t19?,20-/m1/s1. The Labute approximate surface area is 214 Å². The van der Waals surface area contributed by atoms with E-state index in [4.69, 9.17) is 4.74 Å². The zero-order valence-corrected chi connectivity index (χ0v) is 19.3. The Morgan fingerprint density at radius 2 is 1.59 bits per heavy atom. The van der Waals surface area contributed by atoms with Gasteiger partial charge in [0, 0.05) is 5.56 Å². The molecule has 0 fully saturated rings. The Balaban J connectivity index is 1.79. The molecule has 1 unspecified atom stereocenters. The molecule has 0 radical (unpaired) electrons. The van der Waals surface area contributed by atoms with E-state index in [1.54, 1.807) is 0 Å². The van der Waals surface area contributed by atoms with Crippen molar-refractivity contribution in [2.24, 2.45) is 0 Å². The van der Waals surface area contributed by atoms with Gasteiger partial charge in [-0.15, -0.1) is 0 Å². The van der Waals surface area contributed by atoms with Gasteiger partial charge in [-0.2, -0.15) is 30.7 Å². The predicted octanol–water partition coefficient (Wildman–Crippen LogP) is 6.87. The first-order chi connectivity index (χ1) is 18.2. The molecule has 1 N–H and O–H groups in total. The van der Waals surface area contributed by atoms with Gasteiger partial charge in [0.1, 0.15) is 12.4 Å². The molecule has 4 rings (SSSR count). The van der Waals surface area contributed by atoms with Gasteiger partial charge in [-0.05, 0) is 41.5 Å². The van der Waals surface area contributed by atoms with Crippen molar-refractivity contribution in [3.8, 4) is 22.6 Å². The molecule has 3 aromatic rings. The van der Waals surface area contributed by atoms with Crippen LogP contribution < -0.4 is 14.4 Å². The first kappa shape index (κ1) is 28.3. The van der Waals surface area contributed by atoms with Crippen molar-refractivity contribution in [2.45, 2.75) is 30.9 Å². The smallest absolute Gasteiger partial charge is 0.461 e. The summed E-state index contributed by atoms with van der Waals surface area (Å²) in [7, 11) is 0. The van der Waals surface area contributed by atoms with Gasteiger partial charge < -0.3 is 19.5 Å². The maximum Gasteiger partial charge on any atom is 0.461 e. The maximum atomic E-state index is 13.9. The van der Waals surface area contributed by atoms with Crippen LogP contribution in [0.5, 0.6) is 11.5 Å². The highest BCUT2D eigenvalue weighted by atomic mass is 19.4. The van der Waals surface area contributed by atoms with Crippen LogP contribution in [0.25, 0.3) is 11.1 Å². The molecule has 2 atom stereocenters. The van der Waals surface area contributed by atoms with Crippen molar-refractivity contribution in [3.05, 3.63) is 77.6 Å². The molecule has 1 aliphatic heterocycles. The second kappa shape index (κ2) is 10.5. The summed E-state index contributed by atoms with van der Waals surface area (Å²) in [4.78, 5) is 1.01. The predicted molar refractivity (Wildman–Crippen MR) is 117 cm³/mol. The Hall–Kier alpha value is -3.68. The molecule has 0 bridgehead atoms. The van der Waals surface area contributed by atoms with Gasteiger partial charge in [-0.3, -0.25) is 0 Å². The van der Waals surface area contributed by atoms with Crippen molar-refractivity contribution >= 4 is 5.69 Å². The number of hydrogen-bond acceptors (Lipinski definition) is 4. The van der Waals surface area contributed by atoms with E-state index in [0.717, 1.165) is 23.1 Å². The number of β-amino-alcohol motifs (C(OH)–C–C–N with tert-alkyl or cyclic N) is 1. The first-order valence-corrected chi connectivity index (χ1v) is 11.1. The van der Waals surface area contributed by atoms with Gasteiger partial charge in [0.2, 0.25) is 0 Å². The van der Waals surface area contributed by atoms with Gasteiger partial charge in [0.25, 0.3) is 0 Å². The zero-order chi connectivity index (χ0) is 28.7. The summed E-state index contributed by atoms with van der Waals surface area (Å²) in [6, 6.07) is 8.25. The number of anilines is 1. The van der Waals surface area contributed by atoms with Crippen LogP contribution in [0.4, 0.5) is 49.6 Å². The molecule has 0 aromatic heterocycles. The Morgan fingerprint density at radius 3 is 2.21 bits per heavy atom. The van der Waals surface area contributed by atoms with Crippen LogP contribution in [0.3, 0.4) is 0 Å². The highest BCUT2D eigenvalue weighted by molar-refractivity contribution is 5.80. The molecule has 0 saturated heterocycles. The second-order valence-corrected chi connectivity index (χ2v) is 8.48. The average Bonchev–Trinajstić information content (AvgIpc) is 2.86. The SMILES string of the molecule is O[C@H](CN1c2cccc(-c3cc(F)c(F)c(F)c3)c2OCC1c1cccc(OC(F)(F)C(F)F)c1)C(F)(F)F. The average molecular weight is 569 g/mol. The number of rotatable bonds is 7. The largest absolute Gasteiger partial charge is 0.488 e. The van der Waals surface area contributed by atoms with Crippen LogP contribution in [0.2, 0.25) is 0 Å². The minimum atomic E-state index is -5.08. The molecule has 0 amide bonds. The van der Waals surface area contributed by atoms with E-state index < -0.39 is 67.2 Å². The number of hydrogen-bond donors (Lipinski definition) is 1. The number of halogens is 10. The first-order valence-electron chi connectivity index (χ1n) is 11.1. The van der Waals surface area contributed by atoms with Crippen molar-refractivity contribution in [1.29, 1.82) is 0 Å². The summed E-state index contributed by atoms with van der Waals surface area (Å²) in [5, 5.41) is 9.83. The molecule has 0 spiro atoms. The van der Waals surface area contributed by atoms with Crippen molar-refractivity contribution in [2.75, 3.05) is 18.1 Å². The fraction of sp³-hybridized carbons (Fsp3) is 0.280. The lowest BCUT2D eigenvalue weighted by atomic mass is 9.98. The van der Waals surface area contributed by atoms with Crippen LogP contribution >= 0.6 is 0 Å². The normalized spacial score (nSPS) is 16.6. The highest BCUT2D eigenvalue weighted by Gasteiger charge is 2.45. The van der Waals surface area contributed by atoms with E-state index in [2.05, 4.69) is 4.74 Å². The number of fused-ring (bicyclic) bond motifs is 1. The molecule has 210 valence electrons. The summed E-state index contributed by atoms with van der Waals surface area (Å²) in [5.74, 6) is -5.67. The Bertz CT molecular complexity index is 1320. The summed E-state index contributed by atoms with van der Waals surface area (Å²) in [6.07, 6.45) is -17.0. The quantitative estimate of drug-likeness (QED) is 0.249. The van der Waals surface area contributed by atoms with Crippen LogP contribution in [0, 0.1) is 17.5 Å². The third-order valence-electron chi connectivity index (χ3n) is 5.86. The third-order valence-corrected chi connectivity index (χ3v) is 5.86. The van der Waals surface area contributed by atoms with Gasteiger partial charge in [0.15, 0.2) is 29.3 Å². The van der Waals surface area contributed by atoms with Crippen LogP contribution in [0.15, 0.2) is 54.6 Å². The lowest BCUT2D eigenvalue weighted by molar-refractivity contribution is -0.253. The summed E-state index contributed by atoms with van der Waals surface area (Å²) in [5.41, 5.74) is -0.324. The molecule has 1 aliphatic rings. The number of para-hydroxylation sites is 1. The number of benzene rings is 3. The van der Waals surface area contributed by atoms with Crippen LogP contribution in [-0.2, 0) is 0 Å². The fourth-order valence-electron chi connectivity index (χ4n) is 4.04. The third kappa shape index (κ3) is 5.84. The number of aliphatic hydroxyl groups is 1. The molecule has 14 heteroatoms. The minimum Gasteiger partial charge on any atom is -0.488 e. The molecule has 0 aliphatic carbocycles. The molecule has 0 saturated carbocycles. The Morgan fingerprint density at radius 1 is 0.949 bits per heavy atom. The molecule has 3 aromatic carbocycles. The molecule has 1 heterocycles. The number of aliphatic hydroxyl groups excluding tert-OH is 1. The summed E-state index contributed by atoms with van der Waals surface area (Å²) < 4.78 is 143. The Kier molecular flexibility index (Phi) is 7.61. The topological polar surface area (TPSA) is 41.9 Å². The number of nitrogens with zero attached hydrogens (tertiary/aromatic N) is 1. The monoisotopic (exact) mass is 569 g/mol. The van der Waals surface area contributed by atoms with Gasteiger partial charge in [0.05, 0.1) is 18.3 Å². The van der Waals surface area contributed by atoms with E-state index >= 15 is 0 Å². The molecule has 4 nitrogen and oxygen atoms in total. The van der Waals surface area contributed by atoms with Crippen molar-refractivity contribution in [3.63, 3.8) is 0 Å². The minimum absolute atomic E-state index is 0.00173. The highest BCUT2D eigenvalue weighted by Crippen LogP contribution is 2.46. The molecular weight excluding hydrogens is 552 g/mol. The summed E-state index contributed by atoms with van der Waals surface area (Å²) >= 11 is 0. The van der Waals surface area contributed by atoms with Crippen LogP contribution in [0.1, 0.15) is 11.6 Å². The van der Waals surface area contributed by atoms with Gasteiger partial charge in [-0.1, -0.05) is 24.3 Å². The van der Waals surface area contributed by atoms with Gasteiger partial charge in [-0.25, -0.2) is 13.2 Å². The number of alkyl halides is 7. The lowest BCUT2D eigenvalue weighted by Crippen LogP contribution is -2.46.